The molecule has 3 atom stereocenters. The average molecular weight is 533 g/mol. The largest absolute Gasteiger partial charge is 0.490 e. The number of nitrogens with zero attached hydrogens (tertiary/aromatic N) is 1. The van der Waals surface area contributed by atoms with Crippen LogP contribution in [0.4, 0.5) is 23.7 Å². The summed E-state index contributed by atoms with van der Waals surface area (Å²) in [7, 11) is 0. The Kier molecular flexibility index (Phi) is 7.94. The Labute approximate surface area is 216 Å². The summed E-state index contributed by atoms with van der Waals surface area (Å²) in [6.45, 7) is 2.96. The minimum absolute atomic E-state index is 0.166. The minimum atomic E-state index is -4.59. The maximum atomic E-state index is 13.3. The highest BCUT2D eigenvalue weighted by atomic mass is 19.4. The van der Waals surface area contributed by atoms with Crippen molar-refractivity contribution >= 4 is 17.7 Å². The molecule has 1 fully saturated rings. The number of hydrogen-bond donors (Lipinski definition) is 2. The number of carbonyl (C=O) groups is 2. The summed E-state index contributed by atoms with van der Waals surface area (Å²) >= 11 is 0. The number of halogens is 3. The zero-order chi connectivity index (χ0) is 27.4. The first-order valence-electron chi connectivity index (χ1n) is 12.1. The number of benzene rings is 2. The van der Waals surface area contributed by atoms with Crippen LogP contribution in [0.1, 0.15) is 55.5 Å². The lowest BCUT2D eigenvalue weighted by atomic mass is 9.87. The number of anilines is 1. The second-order valence-electron chi connectivity index (χ2n) is 9.20. The molecule has 0 radical (unpaired) electrons. The number of alkyl halides is 3. The standard InChI is InChI=1S/C27H27F3N2O6/c1-15-23(31-26(35)36-16(2)21-8-3-4-9-22(21)27(28,29)30)24(38-32-15)17-10-12-19(13-11-17)37-20-7-5-6-18(14-20)25(33)34/h3-4,8-13,16,18,20H,5-7,14H2,1-2H3,(H,31,35)(H,33,34)/t16-,18+,20+/m1/s1. The van der Waals surface area contributed by atoms with E-state index in [1.54, 1.807) is 31.2 Å². The van der Waals surface area contributed by atoms with Gasteiger partial charge in [-0.15, -0.1) is 0 Å². The molecule has 1 aliphatic carbocycles. The first-order valence-corrected chi connectivity index (χ1v) is 12.1. The predicted octanol–water partition coefficient (Wildman–Crippen LogP) is 7.00. The van der Waals surface area contributed by atoms with Crippen LogP contribution in [0.15, 0.2) is 53.1 Å². The summed E-state index contributed by atoms with van der Waals surface area (Å²) in [4.78, 5) is 23.9. The summed E-state index contributed by atoms with van der Waals surface area (Å²) < 4.78 is 56.6. The number of hydrogen-bond acceptors (Lipinski definition) is 6. The quantitative estimate of drug-likeness (QED) is 0.337. The van der Waals surface area contributed by atoms with Gasteiger partial charge in [0, 0.05) is 11.1 Å². The Hall–Kier alpha value is -4.02. The van der Waals surface area contributed by atoms with Crippen molar-refractivity contribution in [3.05, 3.63) is 65.4 Å². The van der Waals surface area contributed by atoms with Gasteiger partial charge in [-0.25, -0.2) is 4.79 Å². The lowest BCUT2D eigenvalue weighted by Crippen LogP contribution is -2.29. The zero-order valence-electron chi connectivity index (χ0n) is 20.7. The summed E-state index contributed by atoms with van der Waals surface area (Å²) in [5.41, 5.74) is 0.0895. The molecule has 8 nitrogen and oxygen atoms in total. The molecule has 1 heterocycles. The van der Waals surface area contributed by atoms with Gasteiger partial charge in [-0.2, -0.15) is 13.2 Å². The molecule has 1 aliphatic rings. The summed E-state index contributed by atoms with van der Waals surface area (Å²) in [5.74, 6) is -0.430. The van der Waals surface area contributed by atoms with Crippen LogP contribution in [-0.2, 0) is 15.7 Å². The first kappa shape index (κ1) is 27.0. The number of rotatable bonds is 7. The van der Waals surface area contributed by atoms with Crippen LogP contribution >= 0.6 is 0 Å². The van der Waals surface area contributed by atoms with Crippen molar-refractivity contribution in [2.24, 2.45) is 5.92 Å². The van der Waals surface area contributed by atoms with Gasteiger partial charge in [-0.3, -0.25) is 10.1 Å². The summed E-state index contributed by atoms with van der Waals surface area (Å²) in [6.07, 6.45) is -4.28. The second kappa shape index (κ2) is 11.2. The van der Waals surface area contributed by atoms with Gasteiger partial charge in [0.25, 0.3) is 0 Å². The van der Waals surface area contributed by atoms with E-state index >= 15 is 0 Å². The lowest BCUT2D eigenvalue weighted by Gasteiger charge is -2.27. The van der Waals surface area contributed by atoms with E-state index < -0.39 is 35.8 Å². The second-order valence-corrected chi connectivity index (χ2v) is 9.20. The predicted molar refractivity (Wildman–Crippen MR) is 131 cm³/mol. The monoisotopic (exact) mass is 532 g/mol. The number of aryl methyl sites for hydroxylation is 1. The van der Waals surface area contributed by atoms with Gasteiger partial charge in [0.2, 0.25) is 0 Å². The number of nitrogens with one attached hydrogen (secondary N) is 1. The Morgan fingerprint density at radius 3 is 2.53 bits per heavy atom. The number of carboxylic acid groups (broad SMARTS) is 1. The normalized spacial score (nSPS) is 18.4. The Balaban J connectivity index is 1.43. The number of ether oxygens (including phenoxy) is 2. The SMILES string of the molecule is Cc1noc(-c2ccc(O[C@H]3CCC[C@H](C(=O)O)C3)cc2)c1NC(=O)O[C@H](C)c1ccccc1C(F)(F)F. The van der Waals surface area contributed by atoms with Gasteiger partial charge in [0.1, 0.15) is 23.2 Å². The fraction of sp³-hybridized carbons (Fsp3) is 0.370. The highest BCUT2D eigenvalue weighted by Crippen LogP contribution is 2.37. The summed E-state index contributed by atoms with van der Waals surface area (Å²) in [6, 6.07) is 11.7. The van der Waals surface area contributed by atoms with Crippen molar-refractivity contribution in [1.82, 2.24) is 5.16 Å². The molecule has 0 bridgehead atoms. The van der Waals surface area contributed by atoms with Crippen LogP contribution < -0.4 is 10.1 Å². The number of carboxylic acids is 1. The molecule has 1 amide bonds. The zero-order valence-corrected chi connectivity index (χ0v) is 20.7. The molecule has 38 heavy (non-hydrogen) atoms. The van der Waals surface area contributed by atoms with Crippen LogP contribution in [0.25, 0.3) is 11.3 Å². The molecule has 0 unspecified atom stereocenters. The Morgan fingerprint density at radius 1 is 1.13 bits per heavy atom. The fourth-order valence-electron chi connectivity index (χ4n) is 4.53. The van der Waals surface area contributed by atoms with Gasteiger partial charge in [0.15, 0.2) is 5.76 Å². The van der Waals surface area contributed by atoms with Crippen molar-refractivity contribution in [2.45, 2.75) is 57.9 Å². The number of aromatic nitrogens is 1. The van der Waals surface area contributed by atoms with E-state index in [0.717, 1.165) is 18.9 Å². The van der Waals surface area contributed by atoms with E-state index in [-0.39, 0.29) is 23.1 Å². The third-order valence-electron chi connectivity index (χ3n) is 6.47. The number of carbonyl (C=O) groups excluding carboxylic acids is 1. The smallest absolute Gasteiger partial charge is 0.416 e. The molecule has 0 spiro atoms. The molecule has 0 aliphatic heterocycles. The molecule has 4 rings (SSSR count). The maximum Gasteiger partial charge on any atom is 0.416 e. The fourth-order valence-corrected chi connectivity index (χ4v) is 4.53. The van der Waals surface area contributed by atoms with Gasteiger partial charge >= 0.3 is 18.2 Å². The Bertz CT molecular complexity index is 1290. The van der Waals surface area contributed by atoms with Crippen molar-refractivity contribution in [3.63, 3.8) is 0 Å². The topological polar surface area (TPSA) is 111 Å². The lowest BCUT2D eigenvalue weighted by molar-refractivity contribution is -0.144. The highest BCUT2D eigenvalue weighted by molar-refractivity contribution is 5.90. The third-order valence-corrected chi connectivity index (χ3v) is 6.47. The van der Waals surface area contributed by atoms with E-state index in [9.17, 15) is 27.9 Å². The first-order chi connectivity index (χ1) is 18.0. The highest BCUT2D eigenvalue weighted by Gasteiger charge is 2.35. The number of amides is 1. The van der Waals surface area contributed by atoms with E-state index in [4.69, 9.17) is 14.0 Å². The maximum absolute atomic E-state index is 13.3. The molecular weight excluding hydrogens is 505 g/mol. The van der Waals surface area contributed by atoms with Crippen LogP contribution in [0.2, 0.25) is 0 Å². The van der Waals surface area contributed by atoms with Crippen LogP contribution in [-0.4, -0.2) is 28.4 Å². The van der Waals surface area contributed by atoms with E-state index in [0.29, 0.717) is 29.8 Å². The van der Waals surface area contributed by atoms with Crippen molar-refractivity contribution < 1.29 is 41.9 Å². The Morgan fingerprint density at radius 2 is 1.84 bits per heavy atom. The van der Waals surface area contributed by atoms with E-state index in [1.807, 2.05) is 0 Å². The molecule has 2 N–H and O–H groups in total. The number of aliphatic carboxylic acids is 1. The molecule has 202 valence electrons. The van der Waals surface area contributed by atoms with Crippen molar-refractivity contribution in [1.29, 1.82) is 0 Å². The molecule has 2 aromatic carbocycles. The third kappa shape index (κ3) is 6.27. The summed E-state index contributed by atoms with van der Waals surface area (Å²) in [5, 5.41) is 15.7. The average Bonchev–Trinajstić information content (AvgIpc) is 3.23. The molecule has 1 aromatic heterocycles. The molecule has 0 saturated heterocycles. The van der Waals surface area contributed by atoms with E-state index in [1.165, 1.54) is 25.1 Å². The van der Waals surface area contributed by atoms with Crippen LogP contribution in [0.3, 0.4) is 0 Å². The van der Waals surface area contributed by atoms with Crippen molar-refractivity contribution in [3.8, 4) is 17.1 Å². The van der Waals surface area contributed by atoms with Gasteiger partial charge in [-0.1, -0.05) is 23.4 Å². The van der Waals surface area contributed by atoms with Crippen LogP contribution in [0, 0.1) is 12.8 Å². The molecular formula is C27H27F3N2O6. The minimum Gasteiger partial charge on any atom is -0.490 e. The molecule has 1 saturated carbocycles. The van der Waals surface area contributed by atoms with Crippen LogP contribution in [0.5, 0.6) is 5.75 Å². The van der Waals surface area contributed by atoms with Crippen molar-refractivity contribution in [2.75, 3.05) is 5.32 Å². The van der Waals surface area contributed by atoms with Gasteiger partial charge < -0.3 is 19.1 Å². The molecule has 11 heteroatoms. The van der Waals surface area contributed by atoms with E-state index in [2.05, 4.69) is 10.5 Å². The van der Waals surface area contributed by atoms with Gasteiger partial charge in [0.05, 0.1) is 17.6 Å². The van der Waals surface area contributed by atoms with Gasteiger partial charge in [-0.05, 0) is 69.9 Å². The molecule has 3 aromatic rings.